The normalized spacial score (nSPS) is 12.3. The van der Waals surface area contributed by atoms with Crippen LogP contribution in [0.15, 0.2) is 88.2 Å². The number of carboxylic acids is 2. The van der Waals surface area contributed by atoms with Gasteiger partial charge in [-0.05, 0) is 60.5 Å². The number of aromatic nitrogens is 2. The molecule has 220 valence electrons. The van der Waals surface area contributed by atoms with E-state index in [2.05, 4.69) is 11.7 Å². The second-order valence-electron chi connectivity index (χ2n) is 8.04. The Bertz CT molecular complexity index is 1870. The molecule has 18 heteroatoms. The molecule has 0 spiro atoms. The number of hydrogen-bond acceptors (Lipinski definition) is 14. The van der Waals surface area contributed by atoms with Crippen molar-refractivity contribution >= 4 is 49.8 Å². The Morgan fingerprint density at radius 3 is 1.86 bits per heavy atom. The zero-order valence-corrected chi connectivity index (χ0v) is 22.3. The van der Waals surface area contributed by atoms with E-state index in [1.165, 1.54) is 0 Å². The summed E-state index contributed by atoms with van der Waals surface area (Å²) in [6, 6.07) is 7.44. The van der Waals surface area contributed by atoms with Crippen molar-refractivity contribution < 1.29 is 55.6 Å². The minimum Gasteiger partial charge on any atom is -0.858 e. The lowest BCUT2D eigenvalue weighted by Crippen LogP contribution is -2.40. The summed E-state index contributed by atoms with van der Waals surface area (Å²) in [5.41, 5.74) is -3.38. The van der Waals surface area contributed by atoms with Crippen molar-refractivity contribution in [2.24, 2.45) is 5.84 Å². The second kappa shape index (κ2) is 11.8. The van der Waals surface area contributed by atoms with E-state index in [4.69, 9.17) is 5.84 Å². The summed E-state index contributed by atoms with van der Waals surface area (Å²) in [6.07, 6.45) is 2.54. The molecule has 3 rings (SSSR count). The van der Waals surface area contributed by atoms with Crippen molar-refractivity contribution in [1.29, 1.82) is 0 Å². The molecule has 3 aromatic rings. The summed E-state index contributed by atoms with van der Waals surface area (Å²) in [5.74, 6) is -0.344. The number of nitrogens with zero attached hydrogens (tertiary/aromatic N) is 3. The predicted molar refractivity (Wildman–Crippen MR) is 133 cm³/mol. The number of carbonyl (C=O) groups excluding carboxylic acids is 3. The lowest BCUT2D eigenvalue weighted by Gasteiger charge is -2.20. The number of nitrogens with two attached hydrogens (primary N) is 1. The van der Waals surface area contributed by atoms with Crippen molar-refractivity contribution in [1.82, 2.24) is 9.78 Å². The molecule has 0 unspecified atom stereocenters. The number of hydrogen-bond donors (Lipinski definition) is 1. The van der Waals surface area contributed by atoms with Gasteiger partial charge >= 0.3 is 0 Å². The number of benzene rings is 2. The second-order valence-corrected chi connectivity index (χ2v) is 10.8. The Hall–Kier alpha value is -5.14. The van der Waals surface area contributed by atoms with Crippen molar-refractivity contribution in [3.8, 4) is 11.6 Å². The van der Waals surface area contributed by atoms with E-state index in [1.54, 1.807) is 0 Å². The number of anilines is 1. The van der Waals surface area contributed by atoms with Crippen LogP contribution >= 0.6 is 0 Å². The van der Waals surface area contributed by atoms with E-state index in [9.17, 15) is 55.6 Å². The lowest BCUT2D eigenvalue weighted by molar-refractivity contribution is -0.298. The van der Waals surface area contributed by atoms with E-state index >= 15 is 0 Å². The van der Waals surface area contributed by atoms with Gasteiger partial charge in [-0.15, -0.1) is 0 Å². The summed E-state index contributed by atoms with van der Waals surface area (Å²) in [6.45, 7) is 3.22. The lowest BCUT2D eigenvalue weighted by atomic mass is 10.1. The number of aliphatic carboxylic acids is 1. The molecule has 2 N–H and O–H groups in total. The van der Waals surface area contributed by atoms with Gasteiger partial charge in [0.05, 0.1) is 33.1 Å². The first-order chi connectivity index (χ1) is 19.4. The van der Waals surface area contributed by atoms with Gasteiger partial charge in [-0.25, -0.2) is 32.4 Å². The molecule has 0 saturated carbocycles. The van der Waals surface area contributed by atoms with Gasteiger partial charge in [-0.3, -0.25) is 4.79 Å². The molecule has 0 atom stereocenters. The Balaban J connectivity index is 2.02. The first kappa shape index (κ1) is 31.4. The number of carboxylic acid groups (broad SMARTS) is 2. The summed E-state index contributed by atoms with van der Waals surface area (Å²) < 4.78 is 67.3. The number of allylic oxidation sites excluding steroid dienone is 2. The highest BCUT2D eigenvalue weighted by Gasteiger charge is 2.20. The number of aromatic carboxylic acids is 1. The molecule has 16 nitrogen and oxygen atoms in total. The molecule has 0 saturated heterocycles. The molecule has 0 bridgehead atoms. The standard InChI is InChI=1S/C24H20N4O12S2/c1-13(23(31)32)18(21(29)27(25)14-5-9-16(10-6-14)41(35,36)37)3-2-4-19-20(24(33)34)26-28(22(19)30)15-7-11-17(12-8-15)42(38,39)40/h2-12,30H,1,25H2,(H,31,32)(H,33,34)(H,35,36,37)(H,38,39,40)/p-5/b4-2+,18-3+. The molecular formula is C24H15N4O12S2-5. The van der Waals surface area contributed by atoms with Gasteiger partial charge in [-0.1, -0.05) is 18.7 Å². The first-order valence-electron chi connectivity index (χ1n) is 10.9. The van der Waals surface area contributed by atoms with Crippen molar-refractivity contribution in [3.63, 3.8) is 0 Å². The van der Waals surface area contributed by atoms with Crippen molar-refractivity contribution in [2.75, 3.05) is 5.01 Å². The fourth-order valence-corrected chi connectivity index (χ4v) is 4.26. The first-order valence-corrected chi connectivity index (χ1v) is 13.8. The van der Waals surface area contributed by atoms with E-state index < -0.39 is 76.2 Å². The van der Waals surface area contributed by atoms with Crippen molar-refractivity contribution in [3.05, 3.63) is 89.7 Å². The SMILES string of the molecule is C=C(C(=O)[O-])/C(=C\C=C\c1c(C(=O)[O-])nn(-c2ccc(S(=O)(=O)[O-])cc2)c1[O-])C(=O)N(N)c1ccc(S(=O)(=O)[O-])cc1. The molecule has 0 aliphatic rings. The van der Waals surface area contributed by atoms with Crippen LogP contribution in [0.4, 0.5) is 5.69 Å². The fourth-order valence-electron chi connectivity index (χ4n) is 3.32. The van der Waals surface area contributed by atoms with Gasteiger partial charge in [0.2, 0.25) is 0 Å². The molecule has 0 aliphatic carbocycles. The average molecular weight is 616 g/mol. The van der Waals surface area contributed by atoms with E-state index in [1.807, 2.05) is 0 Å². The average Bonchev–Trinajstić information content (AvgIpc) is 3.25. The molecule has 1 amide bonds. The highest BCUT2D eigenvalue weighted by molar-refractivity contribution is 7.86. The third-order valence-electron chi connectivity index (χ3n) is 5.39. The van der Waals surface area contributed by atoms with Gasteiger partial charge in [0.15, 0.2) is 0 Å². The summed E-state index contributed by atoms with van der Waals surface area (Å²) >= 11 is 0. The number of carbonyl (C=O) groups is 3. The molecule has 1 aromatic heterocycles. The highest BCUT2D eigenvalue weighted by Crippen LogP contribution is 2.25. The highest BCUT2D eigenvalue weighted by atomic mass is 32.2. The fraction of sp³-hybridized carbons (Fsp3) is 0. The van der Waals surface area contributed by atoms with Gasteiger partial charge in [0.25, 0.3) is 5.91 Å². The van der Waals surface area contributed by atoms with Crippen LogP contribution in [0, 0.1) is 0 Å². The van der Waals surface area contributed by atoms with E-state index in [-0.39, 0.29) is 11.4 Å². The molecule has 1 heterocycles. The molecular weight excluding hydrogens is 600 g/mol. The maximum Gasteiger partial charge on any atom is 0.273 e. The smallest absolute Gasteiger partial charge is 0.273 e. The summed E-state index contributed by atoms with van der Waals surface area (Å²) in [7, 11) is -9.62. The Labute approximate surface area is 237 Å². The van der Waals surface area contributed by atoms with Crippen LogP contribution in [0.25, 0.3) is 11.8 Å². The van der Waals surface area contributed by atoms with Crippen LogP contribution in [-0.2, 0) is 29.8 Å². The third-order valence-corrected chi connectivity index (χ3v) is 7.09. The number of hydrazine groups is 1. The monoisotopic (exact) mass is 615 g/mol. The Kier molecular flexibility index (Phi) is 8.79. The van der Waals surface area contributed by atoms with Gasteiger partial charge in [-0.2, -0.15) is 5.10 Å². The van der Waals surface area contributed by atoms with Crippen LogP contribution in [0.1, 0.15) is 16.1 Å². The predicted octanol–water partition coefficient (Wildman–Crippen LogP) is -2.73. The van der Waals surface area contributed by atoms with E-state index in [0.29, 0.717) is 9.69 Å². The van der Waals surface area contributed by atoms with E-state index in [0.717, 1.165) is 66.8 Å². The largest absolute Gasteiger partial charge is 0.858 e. The Morgan fingerprint density at radius 1 is 0.905 bits per heavy atom. The van der Waals surface area contributed by atoms with Crippen LogP contribution in [0.3, 0.4) is 0 Å². The number of rotatable bonds is 10. The summed E-state index contributed by atoms with van der Waals surface area (Å²) in [4.78, 5) is 34.8. The van der Waals surface area contributed by atoms with Crippen LogP contribution in [0.2, 0.25) is 0 Å². The maximum absolute atomic E-state index is 13.0. The summed E-state index contributed by atoms with van der Waals surface area (Å²) in [5, 5.41) is 40.0. The molecule has 42 heavy (non-hydrogen) atoms. The zero-order chi connectivity index (χ0) is 31.6. The van der Waals surface area contributed by atoms with Gasteiger partial charge < -0.3 is 34.0 Å². The minimum absolute atomic E-state index is 0.124. The maximum atomic E-state index is 13.0. The van der Waals surface area contributed by atoms with Crippen LogP contribution in [-0.4, -0.2) is 53.6 Å². The Morgan fingerprint density at radius 2 is 1.40 bits per heavy atom. The molecule has 0 fully saturated rings. The molecule has 0 radical (unpaired) electrons. The minimum atomic E-state index is -4.81. The quantitative estimate of drug-likeness (QED) is 0.0605. The number of amides is 1. The molecule has 0 aliphatic heterocycles. The van der Waals surface area contributed by atoms with Crippen LogP contribution < -0.4 is 26.2 Å². The molecule has 2 aromatic carbocycles. The third kappa shape index (κ3) is 6.77. The topological polar surface area (TPSA) is 282 Å². The zero-order valence-electron chi connectivity index (χ0n) is 20.7. The van der Waals surface area contributed by atoms with Crippen LogP contribution in [0.5, 0.6) is 5.88 Å². The van der Waals surface area contributed by atoms with Gasteiger partial charge in [0, 0.05) is 16.7 Å². The van der Waals surface area contributed by atoms with Gasteiger partial charge in [0.1, 0.15) is 25.9 Å². The van der Waals surface area contributed by atoms with Crippen molar-refractivity contribution in [2.45, 2.75) is 9.79 Å².